The van der Waals surface area contributed by atoms with Gasteiger partial charge in [0.25, 0.3) is 0 Å². The van der Waals surface area contributed by atoms with Gasteiger partial charge in [-0.15, -0.1) is 5.10 Å². The van der Waals surface area contributed by atoms with Crippen molar-refractivity contribution in [1.29, 1.82) is 0 Å². The van der Waals surface area contributed by atoms with Gasteiger partial charge in [0.1, 0.15) is 0 Å². The predicted octanol–water partition coefficient (Wildman–Crippen LogP) is 2.06. The summed E-state index contributed by atoms with van der Waals surface area (Å²) in [6.45, 7) is 4.19. The van der Waals surface area contributed by atoms with E-state index in [1.807, 2.05) is 38.1 Å². The normalized spacial score (nSPS) is 14.5. The van der Waals surface area contributed by atoms with Gasteiger partial charge in [-0.1, -0.05) is 31.2 Å². The molecule has 4 nitrogen and oxygen atoms in total. The van der Waals surface area contributed by atoms with Crippen molar-refractivity contribution in [3.8, 4) is 0 Å². The second-order valence-electron chi connectivity index (χ2n) is 4.37. The van der Waals surface area contributed by atoms with E-state index in [2.05, 4.69) is 15.5 Å². The summed E-state index contributed by atoms with van der Waals surface area (Å²) in [7, 11) is 0. The van der Waals surface area contributed by atoms with Crippen molar-refractivity contribution in [3.63, 3.8) is 0 Å². The van der Waals surface area contributed by atoms with Crippen LogP contribution in [0.15, 0.2) is 30.5 Å². The van der Waals surface area contributed by atoms with Crippen molar-refractivity contribution in [3.05, 3.63) is 30.5 Å². The largest absolute Gasteiger partial charge is 0.396 e. The second kappa shape index (κ2) is 5.10. The first kappa shape index (κ1) is 11.8. The van der Waals surface area contributed by atoms with Crippen LogP contribution in [0, 0.1) is 5.92 Å². The monoisotopic (exact) mass is 231 g/mol. The number of hydrogen-bond acceptors (Lipinski definition) is 4. The molecule has 17 heavy (non-hydrogen) atoms. The zero-order chi connectivity index (χ0) is 12.3. The number of aromatic nitrogens is 2. The molecule has 2 rings (SSSR count). The van der Waals surface area contributed by atoms with Crippen LogP contribution in [0.1, 0.15) is 13.8 Å². The van der Waals surface area contributed by atoms with E-state index in [1.165, 1.54) is 0 Å². The Bertz CT molecular complexity index is 495. The summed E-state index contributed by atoms with van der Waals surface area (Å²) in [5, 5.41) is 22.6. The van der Waals surface area contributed by atoms with Crippen molar-refractivity contribution in [2.75, 3.05) is 11.9 Å². The van der Waals surface area contributed by atoms with E-state index in [0.29, 0.717) is 0 Å². The third-order valence-electron chi connectivity index (χ3n) is 3.08. The molecule has 0 bridgehead atoms. The lowest BCUT2D eigenvalue weighted by atomic mass is 10.0. The molecule has 0 spiro atoms. The molecule has 0 amide bonds. The summed E-state index contributed by atoms with van der Waals surface area (Å²) in [6, 6.07) is 8.14. The van der Waals surface area contributed by atoms with Gasteiger partial charge in [-0.2, -0.15) is 5.10 Å². The lowest BCUT2D eigenvalue weighted by Crippen LogP contribution is -2.26. The number of fused-ring (bicyclic) bond motifs is 1. The van der Waals surface area contributed by atoms with Crippen molar-refractivity contribution >= 4 is 16.6 Å². The molecule has 4 heteroatoms. The smallest absolute Gasteiger partial charge is 0.156 e. The topological polar surface area (TPSA) is 58.0 Å². The lowest BCUT2D eigenvalue weighted by Gasteiger charge is -2.20. The summed E-state index contributed by atoms with van der Waals surface area (Å²) < 4.78 is 0. The Morgan fingerprint density at radius 1 is 1.29 bits per heavy atom. The number of anilines is 1. The number of aliphatic hydroxyl groups is 1. The number of benzene rings is 1. The van der Waals surface area contributed by atoms with Crippen molar-refractivity contribution in [2.24, 2.45) is 5.92 Å². The van der Waals surface area contributed by atoms with Gasteiger partial charge in [-0.05, 0) is 12.8 Å². The van der Waals surface area contributed by atoms with Gasteiger partial charge in [0.05, 0.1) is 6.20 Å². The highest BCUT2D eigenvalue weighted by atomic mass is 16.3. The minimum absolute atomic E-state index is 0.153. The molecule has 0 aliphatic heterocycles. The van der Waals surface area contributed by atoms with Gasteiger partial charge in [-0.25, -0.2) is 0 Å². The highest BCUT2D eigenvalue weighted by Crippen LogP contribution is 2.20. The Balaban J connectivity index is 2.30. The van der Waals surface area contributed by atoms with Gasteiger partial charge >= 0.3 is 0 Å². The third kappa shape index (κ3) is 2.53. The first-order chi connectivity index (χ1) is 8.22. The first-order valence-electron chi connectivity index (χ1n) is 5.80. The summed E-state index contributed by atoms with van der Waals surface area (Å²) in [5.74, 6) is 0.951. The standard InChI is InChI=1S/C13H17N3O/c1-9(8-17)10(2)15-13-12-6-4-3-5-11(12)7-14-16-13/h3-7,9-10,17H,8H2,1-2H3,(H,15,16). The Morgan fingerprint density at radius 2 is 2.06 bits per heavy atom. The van der Waals surface area contributed by atoms with Gasteiger partial charge in [0.2, 0.25) is 0 Å². The van der Waals surface area contributed by atoms with E-state index in [0.717, 1.165) is 16.6 Å². The fraction of sp³-hybridized carbons (Fsp3) is 0.385. The van der Waals surface area contributed by atoms with Crippen molar-refractivity contribution < 1.29 is 5.11 Å². The first-order valence-corrected chi connectivity index (χ1v) is 5.80. The molecule has 1 aromatic carbocycles. The van der Waals surface area contributed by atoms with Crippen LogP contribution in [0.2, 0.25) is 0 Å². The maximum Gasteiger partial charge on any atom is 0.156 e. The van der Waals surface area contributed by atoms with Crippen LogP contribution in [0.4, 0.5) is 5.82 Å². The van der Waals surface area contributed by atoms with Crippen LogP contribution < -0.4 is 5.32 Å². The minimum atomic E-state index is 0.153. The maximum atomic E-state index is 9.12. The minimum Gasteiger partial charge on any atom is -0.396 e. The number of hydrogen-bond donors (Lipinski definition) is 2. The van der Waals surface area contributed by atoms with Crippen molar-refractivity contribution in [1.82, 2.24) is 10.2 Å². The van der Waals surface area contributed by atoms with Gasteiger partial charge in [-0.3, -0.25) is 0 Å². The highest BCUT2D eigenvalue weighted by Gasteiger charge is 2.12. The fourth-order valence-electron chi connectivity index (χ4n) is 1.65. The summed E-state index contributed by atoms with van der Waals surface area (Å²) in [4.78, 5) is 0. The lowest BCUT2D eigenvalue weighted by molar-refractivity contribution is 0.226. The molecule has 0 aliphatic rings. The average molecular weight is 231 g/mol. The van der Waals surface area contributed by atoms with E-state index >= 15 is 0 Å². The molecular weight excluding hydrogens is 214 g/mol. The number of nitrogens with zero attached hydrogens (tertiary/aromatic N) is 2. The van der Waals surface area contributed by atoms with E-state index in [-0.39, 0.29) is 18.6 Å². The third-order valence-corrected chi connectivity index (χ3v) is 3.08. The number of nitrogens with one attached hydrogen (secondary N) is 1. The van der Waals surface area contributed by atoms with E-state index in [1.54, 1.807) is 6.20 Å². The molecule has 0 saturated heterocycles. The molecular formula is C13H17N3O. The quantitative estimate of drug-likeness (QED) is 0.845. The van der Waals surface area contributed by atoms with Crippen molar-refractivity contribution in [2.45, 2.75) is 19.9 Å². The molecule has 1 heterocycles. The van der Waals surface area contributed by atoms with E-state index < -0.39 is 0 Å². The van der Waals surface area contributed by atoms with Crippen LogP contribution >= 0.6 is 0 Å². The second-order valence-corrected chi connectivity index (χ2v) is 4.37. The van der Waals surface area contributed by atoms with Gasteiger partial charge in [0, 0.05) is 23.4 Å². The molecule has 90 valence electrons. The van der Waals surface area contributed by atoms with Crippen LogP contribution in [-0.4, -0.2) is 28.0 Å². The molecule has 0 radical (unpaired) electrons. The average Bonchev–Trinajstić information content (AvgIpc) is 2.38. The number of aliphatic hydroxyl groups excluding tert-OH is 1. The molecule has 0 fully saturated rings. The Morgan fingerprint density at radius 3 is 2.82 bits per heavy atom. The van der Waals surface area contributed by atoms with Gasteiger partial charge < -0.3 is 10.4 Å². The Hall–Kier alpha value is -1.68. The molecule has 2 N–H and O–H groups in total. The van der Waals surface area contributed by atoms with Crippen LogP contribution in [-0.2, 0) is 0 Å². The fourth-order valence-corrected chi connectivity index (χ4v) is 1.65. The molecule has 2 atom stereocenters. The molecule has 0 aliphatic carbocycles. The number of rotatable bonds is 4. The molecule has 0 saturated carbocycles. The summed E-state index contributed by atoms with van der Waals surface area (Å²) in [5.41, 5.74) is 0. The highest BCUT2D eigenvalue weighted by molar-refractivity contribution is 5.90. The SMILES string of the molecule is CC(CO)C(C)Nc1nncc2ccccc12. The Kier molecular flexibility index (Phi) is 3.54. The molecule has 2 unspecified atom stereocenters. The summed E-state index contributed by atoms with van der Waals surface area (Å²) >= 11 is 0. The zero-order valence-corrected chi connectivity index (χ0v) is 10.1. The van der Waals surface area contributed by atoms with E-state index in [4.69, 9.17) is 5.11 Å². The molecule has 2 aromatic rings. The maximum absolute atomic E-state index is 9.12. The van der Waals surface area contributed by atoms with Gasteiger partial charge in [0.15, 0.2) is 5.82 Å². The van der Waals surface area contributed by atoms with Crippen LogP contribution in [0.3, 0.4) is 0 Å². The Labute approximate surface area is 101 Å². The van der Waals surface area contributed by atoms with E-state index in [9.17, 15) is 0 Å². The molecule has 1 aromatic heterocycles. The summed E-state index contributed by atoms with van der Waals surface area (Å²) in [6.07, 6.45) is 1.75. The van der Waals surface area contributed by atoms with Crippen LogP contribution in [0.25, 0.3) is 10.8 Å². The zero-order valence-electron chi connectivity index (χ0n) is 10.1. The predicted molar refractivity (Wildman–Crippen MR) is 68.9 cm³/mol. The van der Waals surface area contributed by atoms with Crippen LogP contribution in [0.5, 0.6) is 0 Å².